The van der Waals surface area contributed by atoms with Crippen LogP contribution in [0.15, 0.2) is 42.7 Å². The van der Waals surface area contributed by atoms with Gasteiger partial charge < -0.3 is 5.32 Å². The summed E-state index contributed by atoms with van der Waals surface area (Å²) in [6.07, 6.45) is 10.5. The summed E-state index contributed by atoms with van der Waals surface area (Å²) in [4.78, 5) is 0. The first-order valence-electron chi connectivity index (χ1n) is 7.24. The second-order valence-corrected chi connectivity index (χ2v) is 5.31. The van der Waals surface area contributed by atoms with Crippen molar-refractivity contribution in [1.82, 2.24) is 15.1 Å². The van der Waals surface area contributed by atoms with E-state index < -0.39 is 0 Å². The van der Waals surface area contributed by atoms with Gasteiger partial charge in [-0.25, -0.2) is 4.68 Å². The number of hydrogen-bond acceptors (Lipinski definition) is 2. The molecule has 3 rings (SSSR count). The number of rotatable bonds is 4. The Morgan fingerprint density at radius 3 is 2.89 bits per heavy atom. The summed E-state index contributed by atoms with van der Waals surface area (Å²) >= 11 is 0. The van der Waals surface area contributed by atoms with Gasteiger partial charge in [-0.05, 0) is 49.9 Å². The predicted molar refractivity (Wildman–Crippen MR) is 77.5 cm³/mol. The second-order valence-electron chi connectivity index (χ2n) is 5.31. The van der Waals surface area contributed by atoms with Gasteiger partial charge in [-0.2, -0.15) is 5.10 Å². The maximum Gasteiger partial charge on any atom is 0.0645 e. The fraction of sp³-hybridized carbons (Fsp3) is 0.438. The number of para-hydroxylation sites is 1. The predicted octanol–water partition coefficient (Wildman–Crippen LogP) is 2.95. The third-order valence-corrected chi connectivity index (χ3v) is 3.85. The fourth-order valence-electron chi connectivity index (χ4n) is 2.72. The van der Waals surface area contributed by atoms with Crippen LogP contribution in [-0.4, -0.2) is 22.4 Å². The van der Waals surface area contributed by atoms with E-state index in [9.17, 15) is 0 Å². The molecule has 1 fully saturated rings. The van der Waals surface area contributed by atoms with Gasteiger partial charge in [-0.15, -0.1) is 0 Å². The number of hydrogen-bond donors (Lipinski definition) is 1. The van der Waals surface area contributed by atoms with Gasteiger partial charge in [-0.1, -0.05) is 24.6 Å². The molecule has 0 saturated carbocycles. The van der Waals surface area contributed by atoms with Crippen molar-refractivity contribution >= 4 is 0 Å². The van der Waals surface area contributed by atoms with Gasteiger partial charge >= 0.3 is 0 Å². The van der Waals surface area contributed by atoms with Crippen molar-refractivity contribution in [3.63, 3.8) is 0 Å². The van der Waals surface area contributed by atoms with Crippen molar-refractivity contribution in [3.05, 3.63) is 48.3 Å². The molecule has 1 aliphatic rings. The zero-order chi connectivity index (χ0) is 12.9. The molecule has 1 saturated heterocycles. The van der Waals surface area contributed by atoms with Crippen molar-refractivity contribution in [2.75, 3.05) is 6.54 Å². The lowest BCUT2D eigenvalue weighted by molar-refractivity contribution is 0.383. The Kier molecular flexibility index (Phi) is 3.94. The first-order chi connectivity index (χ1) is 9.42. The lowest BCUT2D eigenvalue weighted by Crippen LogP contribution is -2.34. The molecule has 1 aliphatic heterocycles. The third-order valence-electron chi connectivity index (χ3n) is 3.85. The van der Waals surface area contributed by atoms with E-state index in [1.807, 2.05) is 29.1 Å². The van der Waals surface area contributed by atoms with Gasteiger partial charge in [0, 0.05) is 12.2 Å². The molecule has 0 amide bonds. The van der Waals surface area contributed by atoms with Crippen LogP contribution in [-0.2, 0) is 6.42 Å². The highest BCUT2D eigenvalue weighted by atomic mass is 15.3. The van der Waals surface area contributed by atoms with E-state index in [1.165, 1.54) is 37.8 Å². The van der Waals surface area contributed by atoms with Crippen molar-refractivity contribution in [2.24, 2.45) is 0 Å². The van der Waals surface area contributed by atoms with Crippen LogP contribution in [0, 0.1) is 0 Å². The SMILES string of the molecule is c1ccc(-n2cc(CCC3CCCCN3)cn2)cc1. The van der Waals surface area contributed by atoms with Crippen molar-refractivity contribution in [2.45, 2.75) is 38.1 Å². The van der Waals surface area contributed by atoms with E-state index in [1.54, 1.807) is 0 Å². The molecule has 1 aromatic heterocycles. The monoisotopic (exact) mass is 255 g/mol. The summed E-state index contributed by atoms with van der Waals surface area (Å²) in [6.45, 7) is 1.19. The highest BCUT2D eigenvalue weighted by Gasteiger charge is 2.12. The molecule has 1 unspecified atom stereocenters. The molecule has 0 radical (unpaired) electrons. The number of nitrogens with zero attached hydrogens (tertiary/aromatic N) is 2. The summed E-state index contributed by atoms with van der Waals surface area (Å²) < 4.78 is 1.96. The summed E-state index contributed by atoms with van der Waals surface area (Å²) in [7, 11) is 0. The molecule has 0 spiro atoms. The minimum Gasteiger partial charge on any atom is -0.314 e. The van der Waals surface area contributed by atoms with Gasteiger partial charge in [0.1, 0.15) is 0 Å². The van der Waals surface area contributed by atoms with Crippen molar-refractivity contribution < 1.29 is 0 Å². The Morgan fingerprint density at radius 2 is 2.11 bits per heavy atom. The van der Waals surface area contributed by atoms with E-state index >= 15 is 0 Å². The van der Waals surface area contributed by atoms with Crippen LogP contribution >= 0.6 is 0 Å². The Morgan fingerprint density at radius 1 is 1.21 bits per heavy atom. The van der Waals surface area contributed by atoms with Crippen molar-refractivity contribution in [3.8, 4) is 5.69 Å². The average molecular weight is 255 g/mol. The maximum absolute atomic E-state index is 4.45. The van der Waals surface area contributed by atoms with Crippen LogP contribution in [0.25, 0.3) is 5.69 Å². The Hall–Kier alpha value is -1.61. The van der Waals surface area contributed by atoms with Crippen LogP contribution in [0.5, 0.6) is 0 Å². The van der Waals surface area contributed by atoms with E-state index in [2.05, 4.69) is 28.7 Å². The molecule has 0 bridgehead atoms. The van der Waals surface area contributed by atoms with Crippen molar-refractivity contribution in [1.29, 1.82) is 0 Å². The molecule has 1 atom stereocenters. The summed E-state index contributed by atoms with van der Waals surface area (Å²) in [5.41, 5.74) is 2.46. The van der Waals surface area contributed by atoms with Gasteiger partial charge in [0.2, 0.25) is 0 Å². The number of aromatic nitrogens is 2. The van der Waals surface area contributed by atoms with Gasteiger partial charge in [-0.3, -0.25) is 0 Å². The van der Waals surface area contributed by atoms with Crippen LogP contribution in [0.2, 0.25) is 0 Å². The first-order valence-corrected chi connectivity index (χ1v) is 7.24. The van der Waals surface area contributed by atoms with Crippen LogP contribution in [0.4, 0.5) is 0 Å². The zero-order valence-electron chi connectivity index (χ0n) is 11.3. The minimum absolute atomic E-state index is 0.703. The quantitative estimate of drug-likeness (QED) is 0.910. The standard InChI is InChI=1S/C16H21N3/c1-2-7-16(8-3-1)19-13-14(12-18-19)9-10-15-6-4-5-11-17-15/h1-3,7-8,12-13,15,17H,4-6,9-11H2. The topological polar surface area (TPSA) is 29.9 Å². The normalized spacial score (nSPS) is 19.5. The maximum atomic E-state index is 4.45. The summed E-state index contributed by atoms with van der Waals surface area (Å²) in [5.74, 6) is 0. The van der Waals surface area contributed by atoms with E-state index in [-0.39, 0.29) is 0 Å². The highest BCUT2D eigenvalue weighted by molar-refractivity contribution is 5.30. The molecule has 19 heavy (non-hydrogen) atoms. The van der Waals surface area contributed by atoms with Gasteiger partial charge in [0.05, 0.1) is 11.9 Å². The average Bonchev–Trinajstić information content (AvgIpc) is 2.96. The lowest BCUT2D eigenvalue weighted by Gasteiger charge is -2.22. The molecule has 3 heteroatoms. The van der Waals surface area contributed by atoms with Crippen LogP contribution in [0.1, 0.15) is 31.2 Å². The molecule has 2 heterocycles. The summed E-state index contributed by atoms with van der Waals surface area (Å²) in [6, 6.07) is 11.0. The van der Waals surface area contributed by atoms with E-state index in [4.69, 9.17) is 0 Å². The second kappa shape index (κ2) is 6.02. The molecule has 2 aromatic rings. The number of aryl methyl sites for hydroxylation is 1. The first kappa shape index (κ1) is 12.4. The highest BCUT2D eigenvalue weighted by Crippen LogP contribution is 2.14. The smallest absolute Gasteiger partial charge is 0.0645 e. The van der Waals surface area contributed by atoms with Crippen LogP contribution in [0.3, 0.4) is 0 Å². The molecule has 1 N–H and O–H groups in total. The number of benzene rings is 1. The number of piperidine rings is 1. The minimum atomic E-state index is 0.703. The van der Waals surface area contributed by atoms with E-state index in [0.717, 1.165) is 12.1 Å². The molecule has 0 aliphatic carbocycles. The lowest BCUT2D eigenvalue weighted by atomic mass is 9.99. The third kappa shape index (κ3) is 3.24. The Balaban J connectivity index is 1.59. The van der Waals surface area contributed by atoms with E-state index in [0.29, 0.717) is 6.04 Å². The Bertz CT molecular complexity index is 498. The fourth-order valence-corrected chi connectivity index (χ4v) is 2.72. The number of nitrogens with one attached hydrogen (secondary N) is 1. The molecule has 3 nitrogen and oxygen atoms in total. The Labute approximate surface area is 114 Å². The van der Waals surface area contributed by atoms with Gasteiger partial charge in [0.15, 0.2) is 0 Å². The van der Waals surface area contributed by atoms with Crippen LogP contribution < -0.4 is 5.32 Å². The molecule has 1 aromatic carbocycles. The largest absolute Gasteiger partial charge is 0.314 e. The molecular formula is C16H21N3. The van der Waals surface area contributed by atoms with Gasteiger partial charge in [0.25, 0.3) is 0 Å². The molecular weight excluding hydrogens is 234 g/mol. The zero-order valence-corrected chi connectivity index (χ0v) is 11.3. The summed E-state index contributed by atoms with van der Waals surface area (Å²) in [5, 5.41) is 8.05. The molecule has 100 valence electrons.